The van der Waals surface area contributed by atoms with Crippen LogP contribution in [0.25, 0.3) is 0 Å². The lowest BCUT2D eigenvalue weighted by molar-refractivity contribution is -0.116. The van der Waals surface area contributed by atoms with Crippen molar-refractivity contribution in [1.29, 1.82) is 0 Å². The minimum atomic E-state index is -3.64. The van der Waals surface area contributed by atoms with Gasteiger partial charge in [-0.25, -0.2) is 21.1 Å². The fourth-order valence-corrected chi connectivity index (χ4v) is 6.19. The second kappa shape index (κ2) is 6.12. The van der Waals surface area contributed by atoms with Gasteiger partial charge in [0.25, 0.3) is 0 Å². The van der Waals surface area contributed by atoms with E-state index in [1.165, 1.54) is 28.6 Å². The third-order valence-corrected chi connectivity index (χ3v) is 7.98. The first-order valence-electron chi connectivity index (χ1n) is 7.88. The molecule has 2 aliphatic heterocycles. The molecule has 0 saturated carbocycles. The van der Waals surface area contributed by atoms with Crippen molar-refractivity contribution in [3.05, 3.63) is 24.3 Å². The molecular formula is C15H20N2O5S2. The molecule has 2 fully saturated rings. The highest BCUT2D eigenvalue weighted by molar-refractivity contribution is 7.94. The van der Waals surface area contributed by atoms with Crippen molar-refractivity contribution in [2.45, 2.75) is 31.1 Å². The molecular weight excluding hydrogens is 352 g/mol. The highest BCUT2D eigenvalue weighted by atomic mass is 32.2. The number of carbonyl (C=O) groups excluding carboxylic acids is 1. The topological polar surface area (TPSA) is 91.8 Å². The van der Waals surface area contributed by atoms with Gasteiger partial charge in [0.05, 0.1) is 16.3 Å². The molecule has 3 rings (SSSR count). The van der Waals surface area contributed by atoms with E-state index in [2.05, 4.69) is 0 Å². The van der Waals surface area contributed by atoms with Crippen LogP contribution in [0.3, 0.4) is 0 Å². The zero-order valence-electron chi connectivity index (χ0n) is 13.4. The molecule has 0 N–H and O–H groups in total. The van der Waals surface area contributed by atoms with Gasteiger partial charge in [-0.1, -0.05) is 6.92 Å². The molecule has 1 aromatic rings. The fourth-order valence-electron chi connectivity index (χ4n) is 3.14. The van der Waals surface area contributed by atoms with Crippen molar-refractivity contribution < 1.29 is 21.6 Å². The normalized spacial score (nSPS) is 25.1. The maximum absolute atomic E-state index is 12.7. The molecule has 0 aromatic heterocycles. The van der Waals surface area contributed by atoms with Gasteiger partial charge in [-0.05, 0) is 43.0 Å². The third kappa shape index (κ3) is 3.07. The molecule has 1 atom stereocenters. The van der Waals surface area contributed by atoms with Gasteiger partial charge in [-0.2, -0.15) is 4.31 Å². The van der Waals surface area contributed by atoms with E-state index in [0.717, 1.165) is 17.1 Å². The van der Waals surface area contributed by atoms with Crippen LogP contribution in [0.5, 0.6) is 0 Å². The molecule has 0 radical (unpaired) electrons. The van der Waals surface area contributed by atoms with Gasteiger partial charge in [-0.3, -0.25) is 4.79 Å². The molecule has 0 spiro atoms. The molecule has 9 heteroatoms. The molecule has 0 bridgehead atoms. The van der Waals surface area contributed by atoms with Crippen molar-refractivity contribution in [2.75, 3.05) is 23.1 Å². The summed E-state index contributed by atoms with van der Waals surface area (Å²) in [7, 11) is -7.24. The van der Waals surface area contributed by atoms with E-state index in [0.29, 0.717) is 19.0 Å². The van der Waals surface area contributed by atoms with E-state index < -0.39 is 26.0 Å². The minimum Gasteiger partial charge on any atom is -0.273 e. The average molecular weight is 372 g/mol. The summed E-state index contributed by atoms with van der Waals surface area (Å²) < 4.78 is 51.4. The van der Waals surface area contributed by atoms with E-state index in [1.54, 1.807) is 0 Å². The molecule has 0 aliphatic carbocycles. The Balaban J connectivity index is 1.88. The number of benzene rings is 1. The van der Waals surface area contributed by atoms with Gasteiger partial charge in [0.15, 0.2) is 0 Å². The Morgan fingerprint density at radius 1 is 1.17 bits per heavy atom. The summed E-state index contributed by atoms with van der Waals surface area (Å²) in [5, 5.41) is 0. The van der Waals surface area contributed by atoms with Crippen LogP contribution in [0.1, 0.15) is 26.2 Å². The third-order valence-electron chi connectivity index (χ3n) is 4.41. The van der Waals surface area contributed by atoms with Crippen molar-refractivity contribution in [3.8, 4) is 0 Å². The number of sulfonamides is 2. The van der Waals surface area contributed by atoms with Gasteiger partial charge in [0.2, 0.25) is 26.0 Å². The van der Waals surface area contributed by atoms with Gasteiger partial charge < -0.3 is 0 Å². The molecule has 1 aromatic carbocycles. The summed E-state index contributed by atoms with van der Waals surface area (Å²) in [6, 6.07) is 5.48. The van der Waals surface area contributed by atoms with Crippen LogP contribution < -0.4 is 4.31 Å². The lowest BCUT2D eigenvalue weighted by Gasteiger charge is -2.30. The molecule has 1 amide bonds. The minimum absolute atomic E-state index is 0.0476. The smallest absolute Gasteiger partial charge is 0.243 e. The van der Waals surface area contributed by atoms with Crippen LogP contribution in [0.4, 0.5) is 5.69 Å². The molecule has 7 nitrogen and oxygen atoms in total. The first-order valence-corrected chi connectivity index (χ1v) is 10.9. The van der Waals surface area contributed by atoms with Crippen LogP contribution in [-0.4, -0.2) is 45.9 Å². The second-order valence-electron chi connectivity index (χ2n) is 6.33. The summed E-state index contributed by atoms with van der Waals surface area (Å²) in [5.74, 6) is -0.381. The molecule has 2 heterocycles. The molecule has 2 saturated heterocycles. The highest BCUT2D eigenvalue weighted by Gasteiger charge is 2.36. The average Bonchev–Trinajstić information content (AvgIpc) is 2.81. The maximum atomic E-state index is 12.7. The van der Waals surface area contributed by atoms with Crippen LogP contribution in [0, 0.1) is 5.92 Å². The van der Waals surface area contributed by atoms with Crippen molar-refractivity contribution in [3.63, 3.8) is 0 Å². The van der Waals surface area contributed by atoms with Crippen molar-refractivity contribution in [1.82, 2.24) is 4.31 Å². The van der Waals surface area contributed by atoms with E-state index in [-0.39, 0.29) is 22.8 Å². The van der Waals surface area contributed by atoms with Crippen LogP contribution in [-0.2, 0) is 24.8 Å². The van der Waals surface area contributed by atoms with E-state index in [9.17, 15) is 21.6 Å². The molecule has 0 unspecified atom stereocenters. The van der Waals surface area contributed by atoms with Crippen LogP contribution >= 0.6 is 0 Å². The van der Waals surface area contributed by atoms with Crippen molar-refractivity contribution in [2.24, 2.45) is 5.92 Å². The fraction of sp³-hybridized carbons (Fsp3) is 0.533. The van der Waals surface area contributed by atoms with E-state index in [1.807, 2.05) is 6.92 Å². The SMILES string of the molecule is C[C@@H]1CCCN(S(=O)(=O)c2ccc(N3C(=O)CCS3(=O)=O)cc2)C1. The number of rotatable bonds is 3. The summed E-state index contributed by atoms with van der Waals surface area (Å²) in [5.41, 5.74) is 0.184. The number of piperidine rings is 1. The molecule has 2 aliphatic rings. The predicted octanol–water partition coefficient (Wildman–Crippen LogP) is 1.17. The Labute approximate surface area is 142 Å². The van der Waals surface area contributed by atoms with Crippen molar-refractivity contribution >= 4 is 31.6 Å². The Bertz CT molecular complexity index is 846. The Morgan fingerprint density at radius 3 is 2.38 bits per heavy atom. The number of anilines is 1. The van der Waals surface area contributed by atoms with Gasteiger partial charge in [0.1, 0.15) is 0 Å². The van der Waals surface area contributed by atoms with E-state index >= 15 is 0 Å². The standard InChI is InChI=1S/C15H20N2O5S2/c1-12-3-2-9-16(11-12)24(21,22)14-6-4-13(5-7-14)17-15(18)8-10-23(17,19)20/h4-7,12H,2-3,8-11H2,1H3/t12-/m1/s1. The highest BCUT2D eigenvalue weighted by Crippen LogP contribution is 2.28. The number of hydrogen-bond acceptors (Lipinski definition) is 5. The Morgan fingerprint density at radius 2 is 1.83 bits per heavy atom. The predicted molar refractivity (Wildman–Crippen MR) is 89.5 cm³/mol. The summed E-state index contributed by atoms with van der Waals surface area (Å²) in [4.78, 5) is 11.9. The quantitative estimate of drug-likeness (QED) is 0.794. The first-order chi connectivity index (χ1) is 11.2. The van der Waals surface area contributed by atoms with Gasteiger partial charge >= 0.3 is 0 Å². The largest absolute Gasteiger partial charge is 0.273 e. The lowest BCUT2D eigenvalue weighted by Crippen LogP contribution is -2.39. The molecule has 24 heavy (non-hydrogen) atoms. The van der Waals surface area contributed by atoms with Crippen LogP contribution in [0.2, 0.25) is 0 Å². The summed E-state index contributed by atoms with van der Waals surface area (Å²) in [6.45, 7) is 3.01. The van der Waals surface area contributed by atoms with Gasteiger partial charge in [0, 0.05) is 19.5 Å². The second-order valence-corrected chi connectivity index (χ2v) is 10.2. The zero-order chi connectivity index (χ0) is 17.5. The van der Waals surface area contributed by atoms with E-state index in [4.69, 9.17) is 0 Å². The van der Waals surface area contributed by atoms with Crippen LogP contribution in [0.15, 0.2) is 29.2 Å². The first kappa shape index (κ1) is 17.4. The monoisotopic (exact) mass is 372 g/mol. The van der Waals surface area contributed by atoms with Gasteiger partial charge in [-0.15, -0.1) is 0 Å². The summed E-state index contributed by atoms with van der Waals surface area (Å²) >= 11 is 0. The maximum Gasteiger partial charge on any atom is 0.243 e. The number of nitrogens with zero attached hydrogens (tertiary/aromatic N) is 2. The number of carbonyl (C=O) groups is 1. The lowest BCUT2D eigenvalue weighted by atomic mass is 10.0. The Hall–Kier alpha value is -1.45. The zero-order valence-corrected chi connectivity index (χ0v) is 15.0. The molecule has 132 valence electrons. The Kier molecular flexibility index (Phi) is 4.43. The number of amides is 1. The number of hydrogen-bond donors (Lipinski definition) is 0. The summed E-state index contributed by atoms with van der Waals surface area (Å²) in [6.07, 6.45) is 1.80.